The van der Waals surface area contributed by atoms with Crippen molar-refractivity contribution >= 4 is 17.6 Å². The van der Waals surface area contributed by atoms with Gasteiger partial charge in [0.15, 0.2) is 0 Å². The lowest BCUT2D eigenvalue weighted by molar-refractivity contribution is -0.147. The number of aryl methyl sites for hydroxylation is 2. The molecule has 0 aliphatic heterocycles. The third-order valence-electron chi connectivity index (χ3n) is 5.31. The number of halogens is 1. The summed E-state index contributed by atoms with van der Waals surface area (Å²) in [7, 11) is 0. The molecule has 1 aromatic rings. The number of hydrogen-bond donors (Lipinski definition) is 1. The summed E-state index contributed by atoms with van der Waals surface area (Å²) in [5, 5.41) is 10.4. The van der Waals surface area contributed by atoms with Gasteiger partial charge in [0.05, 0.1) is 18.8 Å². The molecule has 1 N–H and O–H groups in total. The van der Waals surface area contributed by atoms with E-state index in [1.807, 2.05) is 26.0 Å². The first-order valence-corrected chi connectivity index (χ1v) is 11.1. The Kier molecular flexibility index (Phi) is 9.51. The molecule has 1 saturated carbocycles. The minimum Gasteiger partial charge on any atom is -0.493 e. The molecule has 0 saturated heterocycles. The summed E-state index contributed by atoms with van der Waals surface area (Å²) < 4.78 is 11.1. The average molecular weight is 423 g/mol. The van der Waals surface area contributed by atoms with E-state index in [2.05, 4.69) is 32.1 Å². The predicted molar refractivity (Wildman–Crippen MR) is 117 cm³/mol. The molecule has 1 fully saturated rings. The Balaban J connectivity index is 1.80. The van der Waals surface area contributed by atoms with Gasteiger partial charge in [0.25, 0.3) is 0 Å². The Labute approximate surface area is 180 Å². The van der Waals surface area contributed by atoms with Crippen LogP contribution in [0.5, 0.6) is 5.75 Å². The Hall–Kier alpha value is -1.52. The Morgan fingerprint density at radius 3 is 2.55 bits per heavy atom. The molecule has 0 heterocycles. The quantitative estimate of drug-likeness (QED) is 0.239. The Morgan fingerprint density at radius 1 is 1.21 bits per heavy atom. The van der Waals surface area contributed by atoms with Crippen molar-refractivity contribution < 1.29 is 19.4 Å². The lowest BCUT2D eigenvalue weighted by Gasteiger charge is -2.23. The minimum absolute atomic E-state index is 0.0176. The van der Waals surface area contributed by atoms with E-state index in [9.17, 15) is 9.90 Å². The van der Waals surface area contributed by atoms with Crippen molar-refractivity contribution in [2.75, 3.05) is 6.61 Å². The van der Waals surface area contributed by atoms with Crippen molar-refractivity contribution in [3.05, 3.63) is 41.5 Å². The van der Waals surface area contributed by atoms with Crippen LogP contribution in [0, 0.1) is 25.7 Å². The molecule has 1 aromatic carbocycles. The summed E-state index contributed by atoms with van der Waals surface area (Å²) in [5.74, 6) is 0.899. The number of unbranched alkanes of at least 4 members (excludes halogenated alkanes) is 1. The summed E-state index contributed by atoms with van der Waals surface area (Å²) >= 11 is 6.52. The van der Waals surface area contributed by atoms with Crippen molar-refractivity contribution in [3.8, 4) is 5.75 Å². The van der Waals surface area contributed by atoms with Crippen LogP contribution in [0.1, 0.15) is 57.1 Å². The van der Waals surface area contributed by atoms with Crippen molar-refractivity contribution in [3.63, 3.8) is 0 Å². The second kappa shape index (κ2) is 11.6. The SMILES string of the molecule is Cc1cc(C)cc(OC[C@@H]2[C@@H](CC=CCCCC(=O)OC(C)C)[C@H](Cl)C[C@H]2O)c1. The molecule has 0 aromatic heterocycles. The Morgan fingerprint density at radius 2 is 1.90 bits per heavy atom. The van der Waals surface area contributed by atoms with E-state index in [1.54, 1.807) is 0 Å². The van der Waals surface area contributed by atoms with Crippen LogP contribution < -0.4 is 4.74 Å². The summed E-state index contributed by atoms with van der Waals surface area (Å²) in [4.78, 5) is 11.5. The normalized spacial score (nSPS) is 24.4. The van der Waals surface area contributed by atoms with E-state index in [4.69, 9.17) is 21.1 Å². The van der Waals surface area contributed by atoms with Gasteiger partial charge in [0.1, 0.15) is 5.75 Å². The van der Waals surface area contributed by atoms with Gasteiger partial charge in [-0.1, -0.05) is 18.2 Å². The summed E-state index contributed by atoms with van der Waals surface area (Å²) in [6.07, 6.45) is 7.18. The molecule has 0 radical (unpaired) electrons. The monoisotopic (exact) mass is 422 g/mol. The van der Waals surface area contributed by atoms with Gasteiger partial charge in [-0.3, -0.25) is 4.79 Å². The summed E-state index contributed by atoms with van der Waals surface area (Å²) in [5.41, 5.74) is 2.33. The van der Waals surface area contributed by atoms with Crippen molar-refractivity contribution in [1.82, 2.24) is 0 Å². The molecular formula is C24H35ClO4. The highest BCUT2D eigenvalue weighted by Gasteiger charge is 2.41. The highest BCUT2D eigenvalue weighted by molar-refractivity contribution is 6.21. The first-order valence-electron chi connectivity index (χ1n) is 10.6. The standard InChI is InChI=1S/C24H35ClO4/c1-16(2)29-24(27)10-8-6-5-7-9-20-21(23(26)14-22(20)25)15-28-19-12-17(3)11-18(4)13-19/h5,7,11-13,16,20-23,26H,6,8-10,14-15H2,1-4H3/t20-,21-,22-,23-/m1/s1. The number of carbonyl (C=O) groups excluding carboxylic acids is 1. The molecule has 1 aliphatic rings. The molecule has 162 valence electrons. The van der Waals surface area contributed by atoms with Crippen LogP contribution in [0.3, 0.4) is 0 Å². The van der Waals surface area contributed by atoms with Gasteiger partial charge < -0.3 is 14.6 Å². The molecule has 2 rings (SSSR count). The number of ether oxygens (including phenoxy) is 2. The fraction of sp³-hybridized carbons (Fsp3) is 0.625. The maximum Gasteiger partial charge on any atom is 0.306 e. The van der Waals surface area contributed by atoms with Crippen LogP contribution in [0.15, 0.2) is 30.4 Å². The first kappa shape index (κ1) is 23.8. The van der Waals surface area contributed by atoms with Crippen LogP contribution in [-0.2, 0) is 9.53 Å². The molecule has 0 bridgehead atoms. The highest BCUT2D eigenvalue weighted by atomic mass is 35.5. The van der Waals surface area contributed by atoms with Crippen LogP contribution in [0.4, 0.5) is 0 Å². The number of allylic oxidation sites excluding steroid dienone is 2. The van der Waals surface area contributed by atoms with Gasteiger partial charge in [-0.2, -0.15) is 0 Å². The Bertz CT molecular complexity index is 665. The van der Waals surface area contributed by atoms with Crippen LogP contribution >= 0.6 is 11.6 Å². The molecule has 5 heteroatoms. The molecule has 0 unspecified atom stereocenters. The molecule has 4 nitrogen and oxygen atoms in total. The van der Waals surface area contributed by atoms with Crippen LogP contribution in [0.25, 0.3) is 0 Å². The largest absolute Gasteiger partial charge is 0.493 e. The zero-order chi connectivity index (χ0) is 21.4. The van der Waals surface area contributed by atoms with Crippen molar-refractivity contribution in [2.45, 2.75) is 77.4 Å². The summed E-state index contributed by atoms with van der Waals surface area (Å²) in [6.45, 7) is 8.28. The highest BCUT2D eigenvalue weighted by Crippen LogP contribution is 2.39. The summed E-state index contributed by atoms with van der Waals surface area (Å²) in [6, 6.07) is 6.15. The molecule has 0 spiro atoms. The second-order valence-electron chi connectivity index (χ2n) is 8.42. The van der Waals surface area contributed by atoms with E-state index in [-0.39, 0.29) is 29.3 Å². The van der Waals surface area contributed by atoms with E-state index >= 15 is 0 Å². The fourth-order valence-corrected chi connectivity index (χ4v) is 4.43. The lowest BCUT2D eigenvalue weighted by atomic mass is 9.92. The van der Waals surface area contributed by atoms with Gasteiger partial charge in [-0.15, -0.1) is 11.6 Å². The van der Waals surface area contributed by atoms with E-state index < -0.39 is 6.10 Å². The van der Waals surface area contributed by atoms with Gasteiger partial charge in [0, 0.05) is 17.7 Å². The average Bonchev–Trinajstić information content (AvgIpc) is 2.87. The maximum absolute atomic E-state index is 11.5. The topological polar surface area (TPSA) is 55.8 Å². The van der Waals surface area contributed by atoms with E-state index in [0.717, 1.165) is 25.0 Å². The smallest absolute Gasteiger partial charge is 0.306 e. The molecule has 0 amide bonds. The molecule has 1 aliphatic carbocycles. The van der Waals surface area contributed by atoms with Gasteiger partial charge in [-0.05, 0) is 82.6 Å². The first-order chi connectivity index (χ1) is 13.8. The van der Waals surface area contributed by atoms with Gasteiger partial charge in [0.2, 0.25) is 0 Å². The third-order valence-corrected chi connectivity index (χ3v) is 5.81. The van der Waals surface area contributed by atoms with E-state index in [0.29, 0.717) is 19.4 Å². The van der Waals surface area contributed by atoms with Gasteiger partial charge in [-0.25, -0.2) is 0 Å². The number of hydrogen-bond acceptors (Lipinski definition) is 4. The zero-order valence-corrected chi connectivity index (χ0v) is 18.8. The number of carbonyl (C=O) groups is 1. The molecular weight excluding hydrogens is 388 g/mol. The number of benzene rings is 1. The predicted octanol–water partition coefficient (Wildman–Crippen LogP) is 5.35. The van der Waals surface area contributed by atoms with E-state index in [1.165, 1.54) is 11.1 Å². The van der Waals surface area contributed by atoms with Crippen LogP contribution in [0.2, 0.25) is 0 Å². The number of esters is 1. The number of alkyl halides is 1. The number of aliphatic hydroxyl groups excluding tert-OH is 1. The minimum atomic E-state index is -0.437. The van der Waals surface area contributed by atoms with Crippen LogP contribution in [-0.4, -0.2) is 35.3 Å². The number of aliphatic hydroxyl groups is 1. The van der Waals surface area contributed by atoms with Crippen molar-refractivity contribution in [2.24, 2.45) is 11.8 Å². The number of rotatable bonds is 10. The van der Waals surface area contributed by atoms with Crippen molar-refractivity contribution in [1.29, 1.82) is 0 Å². The second-order valence-corrected chi connectivity index (χ2v) is 8.98. The lowest BCUT2D eigenvalue weighted by Crippen LogP contribution is -2.27. The van der Waals surface area contributed by atoms with Gasteiger partial charge >= 0.3 is 5.97 Å². The maximum atomic E-state index is 11.5. The fourth-order valence-electron chi connectivity index (χ4n) is 3.96. The molecule has 29 heavy (non-hydrogen) atoms. The third kappa shape index (κ3) is 8.02. The molecule has 4 atom stereocenters. The zero-order valence-electron chi connectivity index (χ0n) is 18.1.